The lowest BCUT2D eigenvalue weighted by atomic mass is 9.84. The Morgan fingerprint density at radius 2 is 1.81 bits per heavy atom. The Morgan fingerprint density at radius 3 is 2.31 bits per heavy atom. The maximum Gasteiger partial charge on any atom is 0.223 e. The van der Waals surface area contributed by atoms with E-state index in [-0.39, 0.29) is 23.7 Å². The lowest BCUT2D eigenvalue weighted by molar-refractivity contribution is -0.183. The summed E-state index contributed by atoms with van der Waals surface area (Å²) < 4.78 is 11.3. The number of carbonyl (C=O) groups excluding carboxylic acids is 1. The van der Waals surface area contributed by atoms with Crippen molar-refractivity contribution in [3.8, 4) is 0 Å². The molecule has 2 aliphatic rings. The van der Waals surface area contributed by atoms with Crippen LogP contribution in [-0.2, 0) is 14.3 Å². The van der Waals surface area contributed by atoms with Crippen LogP contribution in [0.1, 0.15) is 39.5 Å². The SMILES string of the molecule is CC(C)NC(=O)C1CCC2(CC1)OCCO2. The smallest absolute Gasteiger partial charge is 0.223 e. The van der Waals surface area contributed by atoms with Gasteiger partial charge in [0.25, 0.3) is 0 Å². The van der Waals surface area contributed by atoms with Crippen molar-refractivity contribution >= 4 is 5.91 Å². The third-order valence-electron chi connectivity index (χ3n) is 3.36. The van der Waals surface area contributed by atoms with Gasteiger partial charge in [-0.15, -0.1) is 0 Å². The molecule has 0 bridgehead atoms. The van der Waals surface area contributed by atoms with Crippen molar-refractivity contribution in [1.82, 2.24) is 5.32 Å². The van der Waals surface area contributed by atoms with E-state index >= 15 is 0 Å². The van der Waals surface area contributed by atoms with Gasteiger partial charge in [-0.25, -0.2) is 0 Å². The summed E-state index contributed by atoms with van der Waals surface area (Å²) in [6.07, 6.45) is 3.45. The average Bonchev–Trinajstić information content (AvgIpc) is 2.66. The van der Waals surface area contributed by atoms with E-state index in [1.807, 2.05) is 13.8 Å². The first kappa shape index (κ1) is 11.9. The van der Waals surface area contributed by atoms with Crippen LogP contribution in [0.3, 0.4) is 0 Å². The molecule has 0 aromatic heterocycles. The number of nitrogens with one attached hydrogen (secondary N) is 1. The quantitative estimate of drug-likeness (QED) is 0.776. The summed E-state index contributed by atoms with van der Waals surface area (Å²) in [6.45, 7) is 5.38. The second-order valence-electron chi connectivity index (χ2n) is 5.05. The topological polar surface area (TPSA) is 47.6 Å². The highest BCUT2D eigenvalue weighted by Gasteiger charge is 2.41. The first-order valence-corrected chi connectivity index (χ1v) is 6.20. The van der Waals surface area contributed by atoms with Gasteiger partial charge >= 0.3 is 0 Å². The molecule has 1 saturated carbocycles. The van der Waals surface area contributed by atoms with Crippen molar-refractivity contribution in [3.05, 3.63) is 0 Å². The lowest BCUT2D eigenvalue weighted by Crippen LogP contribution is -2.42. The van der Waals surface area contributed by atoms with Gasteiger partial charge in [0.1, 0.15) is 0 Å². The summed E-state index contributed by atoms with van der Waals surface area (Å²) in [7, 11) is 0. The molecule has 16 heavy (non-hydrogen) atoms. The molecule has 1 saturated heterocycles. The third-order valence-corrected chi connectivity index (χ3v) is 3.36. The number of ether oxygens (including phenoxy) is 2. The molecule has 2 fully saturated rings. The second kappa shape index (κ2) is 4.72. The molecule has 1 heterocycles. The fraction of sp³-hybridized carbons (Fsp3) is 0.917. The molecule has 92 valence electrons. The lowest BCUT2D eigenvalue weighted by Gasteiger charge is -2.34. The molecule has 0 aromatic rings. The van der Waals surface area contributed by atoms with Crippen LogP contribution in [0.4, 0.5) is 0 Å². The highest BCUT2D eigenvalue weighted by molar-refractivity contribution is 5.78. The number of amides is 1. The van der Waals surface area contributed by atoms with E-state index in [0.717, 1.165) is 25.7 Å². The molecule has 1 amide bonds. The molecular weight excluding hydrogens is 206 g/mol. The summed E-state index contributed by atoms with van der Waals surface area (Å²) >= 11 is 0. The molecule has 1 aliphatic carbocycles. The van der Waals surface area contributed by atoms with Gasteiger partial charge in [0.05, 0.1) is 13.2 Å². The molecule has 1 N–H and O–H groups in total. The van der Waals surface area contributed by atoms with Gasteiger partial charge in [0.2, 0.25) is 5.91 Å². The van der Waals surface area contributed by atoms with E-state index in [9.17, 15) is 4.79 Å². The summed E-state index contributed by atoms with van der Waals surface area (Å²) in [6, 6.07) is 0.224. The van der Waals surface area contributed by atoms with Crippen molar-refractivity contribution in [2.45, 2.75) is 51.4 Å². The van der Waals surface area contributed by atoms with Crippen LogP contribution >= 0.6 is 0 Å². The molecule has 0 radical (unpaired) electrons. The minimum atomic E-state index is -0.353. The Hall–Kier alpha value is -0.610. The normalized spacial score (nSPS) is 25.2. The Bertz CT molecular complexity index is 249. The summed E-state index contributed by atoms with van der Waals surface area (Å²) in [5.74, 6) is -0.0297. The van der Waals surface area contributed by atoms with E-state index in [4.69, 9.17) is 9.47 Å². The van der Waals surface area contributed by atoms with Crippen molar-refractivity contribution in [1.29, 1.82) is 0 Å². The van der Waals surface area contributed by atoms with E-state index in [0.29, 0.717) is 13.2 Å². The van der Waals surface area contributed by atoms with Crippen LogP contribution in [0.15, 0.2) is 0 Å². The molecule has 4 nitrogen and oxygen atoms in total. The van der Waals surface area contributed by atoms with Gasteiger partial charge in [-0.3, -0.25) is 4.79 Å². The van der Waals surface area contributed by atoms with Gasteiger partial charge in [-0.05, 0) is 26.7 Å². The minimum absolute atomic E-state index is 0.140. The maximum absolute atomic E-state index is 11.8. The third kappa shape index (κ3) is 2.55. The van der Waals surface area contributed by atoms with Gasteiger partial charge in [0.15, 0.2) is 5.79 Å². The number of hydrogen-bond acceptors (Lipinski definition) is 3. The number of carbonyl (C=O) groups is 1. The number of hydrogen-bond donors (Lipinski definition) is 1. The molecule has 0 atom stereocenters. The van der Waals surface area contributed by atoms with Gasteiger partial charge in [0, 0.05) is 24.8 Å². The van der Waals surface area contributed by atoms with Crippen molar-refractivity contribution < 1.29 is 14.3 Å². The summed E-state index contributed by atoms with van der Waals surface area (Å²) in [5, 5.41) is 2.97. The van der Waals surface area contributed by atoms with Crippen molar-refractivity contribution in [3.63, 3.8) is 0 Å². The Balaban J connectivity index is 1.82. The fourth-order valence-corrected chi connectivity index (χ4v) is 2.51. The van der Waals surface area contributed by atoms with E-state index in [2.05, 4.69) is 5.32 Å². The van der Waals surface area contributed by atoms with E-state index < -0.39 is 0 Å². The molecule has 4 heteroatoms. The summed E-state index contributed by atoms with van der Waals surface area (Å²) in [5.41, 5.74) is 0. The highest BCUT2D eigenvalue weighted by Crippen LogP contribution is 2.38. The predicted molar refractivity (Wildman–Crippen MR) is 59.9 cm³/mol. The van der Waals surface area contributed by atoms with Crippen LogP contribution in [0.2, 0.25) is 0 Å². The molecule has 0 unspecified atom stereocenters. The van der Waals surface area contributed by atoms with Crippen LogP contribution in [-0.4, -0.2) is 30.9 Å². The van der Waals surface area contributed by atoms with Crippen LogP contribution in [0.5, 0.6) is 0 Å². The zero-order valence-corrected chi connectivity index (χ0v) is 10.1. The molecule has 2 rings (SSSR count). The fourth-order valence-electron chi connectivity index (χ4n) is 2.51. The highest BCUT2D eigenvalue weighted by atomic mass is 16.7. The Kier molecular flexibility index (Phi) is 3.50. The average molecular weight is 227 g/mol. The Labute approximate surface area is 96.7 Å². The summed E-state index contributed by atoms with van der Waals surface area (Å²) in [4.78, 5) is 11.8. The van der Waals surface area contributed by atoms with Gasteiger partial charge in [-0.1, -0.05) is 0 Å². The molecular formula is C12H21NO3. The minimum Gasteiger partial charge on any atom is -0.354 e. The zero-order valence-electron chi connectivity index (χ0n) is 10.1. The van der Waals surface area contributed by atoms with E-state index in [1.54, 1.807) is 0 Å². The van der Waals surface area contributed by atoms with Crippen LogP contribution < -0.4 is 5.32 Å². The Morgan fingerprint density at radius 1 is 1.25 bits per heavy atom. The molecule has 1 spiro atoms. The first-order chi connectivity index (χ1) is 7.61. The molecule has 0 aromatic carbocycles. The monoisotopic (exact) mass is 227 g/mol. The standard InChI is InChI=1S/C12H21NO3/c1-9(2)13-11(14)10-3-5-12(6-4-10)15-7-8-16-12/h9-10H,3-8H2,1-2H3,(H,13,14). The van der Waals surface area contributed by atoms with Crippen LogP contribution in [0.25, 0.3) is 0 Å². The van der Waals surface area contributed by atoms with E-state index in [1.165, 1.54) is 0 Å². The van der Waals surface area contributed by atoms with Crippen molar-refractivity contribution in [2.75, 3.05) is 13.2 Å². The molecule has 1 aliphatic heterocycles. The first-order valence-electron chi connectivity index (χ1n) is 6.20. The van der Waals surface area contributed by atoms with Gasteiger partial charge in [-0.2, -0.15) is 0 Å². The number of rotatable bonds is 2. The predicted octanol–water partition coefficient (Wildman–Crippen LogP) is 1.44. The second-order valence-corrected chi connectivity index (χ2v) is 5.05. The van der Waals surface area contributed by atoms with Crippen molar-refractivity contribution in [2.24, 2.45) is 5.92 Å². The van der Waals surface area contributed by atoms with Crippen LogP contribution in [0, 0.1) is 5.92 Å². The van der Waals surface area contributed by atoms with Gasteiger partial charge < -0.3 is 14.8 Å². The maximum atomic E-state index is 11.8. The zero-order chi connectivity index (χ0) is 11.6. The largest absolute Gasteiger partial charge is 0.354 e.